The number of nitrogens with one attached hydrogen (secondary N) is 1. The second-order valence-electron chi connectivity index (χ2n) is 5.05. The summed E-state index contributed by atoms with van der Waals surface area (Å²) in [5.74, 6) is 0.131. The first kappa shape index (κ1) is 12.8. The highest BCUT2D eigenvalue weighted by molar-refractivity contribution is 5.81. The lowest BCUT2D eigenvalue weighted by molar-refractivity contribution is -0.146. The van der Waals surface area contributed by atoms with Crippen LogP contribution in [0.15, 0.2) is 0 Å². The van der Waals surface area contributed by atoms with Gasteiger partial charge in [-0.2, -0.15) is 0 Å². The van der Waals surface area contributed by atoms with Crippen LogP contribution in [0.25, 0.3) is 0 Å². The molecule has 1 amide bonds. The van der Waals surface area contributed by atoms with Crippen molar-refractivity contribution in [2.45, 2.75) is 25.0 Å². The number of carbonyl (C=O) groups excluding carboxylic acids is 1. The Labute approximate surface area is 103 Å². The number of ether oxygens (including phenoxy) is 1. The summed E-state index contributed by atoms with van der Waals surface area (Å²) in [7, 11) is 4.04. The summed E-state index contributed by atoms with van der Waals surface area (Å²) in [6.07, 6.45) is 1.85. The van der Waals surface area contributed by atoms with Gasteiger partial charge in [-0.05, 0) is 33.0 Å². The number of carbonyl (C=O) groups is 1. The third-order valence-electron chi connectivity index (χ3n) is 3.79. The second kappa shape index (κ2) is 5.80. The summed E-state index contributed by atoms with van der Waals surface area (Å²) in [5.41, 5.74) is 0. The molecule has 0 bridgehead atoms. The van der Waals surface area contributed by atoms with Gasteiger partial charge in [0.15, 0.2) is 0 Å². The Morgan fingerprint density at radius 1 is 1.41 bits per heavy atom. The van der Waals surface area contributed by atoms with Crippen molar-refractivity contribution in [2.75, 3.05) is 46.9 Å². The zero-order valence-electron chi connectivity index (χ0n) is 10.8. The van der Waals surface area contributed by atoms with Crippen molar-refractivity contribution in [1.29, 1.82) is 0 Å². The molecule has 98 valence electrons. The SMILES string of the molecule is CN1CCC(N(C)C(=O)C2CNCCO2)CC1. The van der Waals surface area contributed by atoms with Crippen LogP contribution in [0.3, 0.4) is 0 Å². The van der Waals surface area contributed by atoms with Gasteiger partial charge in [0, 0.05) is 26.2 Å². The van der Waals surface area contributed by atoms with Crippen LogP contribution in [0.5, 0.6) is 0 Å². The fourth-order valence-electron chi connectivity index (χ4n) is 2.51. The predicted molar refractivity (Wildman–Crippen MR) is 65.9 cm³/mol. The fourth-order valence-corrected chi connectivity index (χ4v) is 2.51. The molecule has 0 spiro atoms. The minimum atomic E-state index is -0.284. The van der Waals surface area contributed by atoms with Crippen LogP contribution in [0.2, 0.25) is 0 Å². The normalized spacial score (nSPS) is 28.0. The van der Waals surface area contributed by atoms with Crippen LogP contribution >= 0.6 is 0 Å². The number of likely N-dealkylation sites (tertiary alicyclic amines) is 1. The maximum absolute atomic E-state index is 12.2. The van der Waals surface area contributed by atoms with E-state index in [-0.39, 0.29) is 12.0 Å². The van der Waals surface area contributed by atoms with Gasteiger partial charge in [0.1, 0.15) is 6.10 Å². The molecule has 2 heterocycles. The lowest BCUT2D eigenvalue weighted by atomic mass is 10.0. The van der Waals surface area contributed by atoms with E-state index in [1.807, 2.05) is 11.9 Å². The van der Waals surface area contributed by atoms with E-state index >= 15 is 0 Å². The molecule has 0 saturated carbocycles. The molecule has 0 radical (unpaired) electrons. The standard InChI is InChI=1S/C12H23N3O2/c1-14-6-3-10(4-7-14)15(2)12(16)11-9-13-5-8-17-11/h10-11,13H,3-9H2,1-2H3. The Hall–Kier alpha value is -0.650. The van der Waals surface area contributed by atoms with Gasteiger partial charge in [-0.15, -0.1) is 0 Å². The molecule has 2 aliphatic heterocycles. The summed E-state index contributed by atoms with van der Waals surface area (Å²) in [6, 6.07) is 0.379. The molecular formula is C12H23N3O2. The molecule has 2 saturated heterocycles. The average Bonchev–Trinajstić information content (AvgIpc) is 2.39. The third kappa shape index (κ3) is 3.18. The molecule has 0 aromatic heterocycles. The molecule has 0 aromatic rings. The quantitative estimate of drug-likeness (QED) is 0.710. The van der Waals surface area contributed by atoms with Crippen molar-refractivity contribution in [3.05, 3.63) is 0 Å². The summed E-state index contributed by atoms with van der Waals surface area (Å²) in [5, 5.41) is 3.20. The largest absolute Gasteiger partial charge is 0.366 e. The van der Waals surface area contributed by atoms with Gasteiger partial charge < -0.3 is 19.9 Å². The Bertz CT molecular complexity index is 258. The van der Waals surface area contributed by atoms with Gasteiger partial charge in [0.2, 0.25) is 0 Å². The van der Waals surface area contributed by atoms with E-state index < -0.39 is 0 Å². The van der Waals surface area contributed by atoms with Gasteiger partial charge in [-0.25, -0.2) is 0 Å². The topological polar surface area (TPSA) is 44.8 Å². The molecule has 2 aliphatic rings. The monoisotopic (exact) mass is 241 g/mol. The lowest BCUT2D eigenvalue weighted by Gasteiger charge is -2.37. The summed E-state index contributed by atoms with van der Waals surface area (Å²) in [4.78, 5) is 16.4. The minimum absolute atomic E-state index is 0.131. The van der Waals surface area contributed by atoms with Gasteiger partial charge >= 0.3 is 0 Å². The average molecular weight is 241 g/mol. The zero-order valence-corrected chi connectivity index (χ0v) is 10.8. The Kier molecular flexibility index (Phi) is 4.36. The van der Waals surface area contributed by atoms with Crippen LogP contribution in [-0.2, 0) is 9.53 Å². The third-order valence-corrected chi connectivity index (χ3v) is 3.79. The lowest BCUT2D eigenvalue weighted by Crippen LogP contribution is -2.52. The molecule has 1 atom stereocenters. The predicted octanol–water partition coefficient (Wildman–Crippen LogP) is -0.473. The molecule has 17 heavy (non-hydrogen) atoms. The van der Waals surface area contributed by atoms with E-state index in [0.29, 0.717) is 19.2 Å². The van der Waals surface area contributed by atoms with E-state index in [9.17, 15) is 4.79 Å². The van der Waals surface area contributed by atoms with Crippen molar-refractivity contribution in [3.63, 3.8) is 0 Å². The molecule has 0 aliphatic carbocycles. The van der Waals surface area contributed by atoms with Crippen LogP contribution in [0.1, 0.15) is 12.8 Å². The van der Waals surface area contributed by atoms with Gasteiger partial charge in [0.05, 0.1) is 6.61 Å². The molecule has 5 heteroatoms. The van der Waals surface area contributed by atoms with Crippen LogP contribution < -0.4 is 5.32 Å². The van der Waals surface area contributed by atoms with E-state index in [1.165, 1.54) is 0 Å². The first-order chi connectivity index (χ1) is 8.18. The van der Waals surface area contributed by atoms with Crippen LogP contribution in [-0.4, -0.2) is 74.7 Å². The number of likely N-dealkylation sites (N-methyl/N-ethyl adjacent to an activating group) is 1. The van der Waals surface area contributed by atoms with Crippen molar-refractivity contribution < 1.29 is 9.53 Å². The first-order valence-corrected chi connectivity index (χ1v) is 6.46. The molecule has 2 rings (SSSR count). The maximum atomic E-state index is 12.2. The van der Waals surface area contributed by atoms with Crippen LogP contribution in [0.4, 0.5) is 0 Å². The van der Waals surface area contributed by atoms with Crippen molar-refractivity contribution in [3.8, 4) is 0 Å². The summed E-state index contributed by atoms with van der Waals surface area (Å²) >= 11 is 0. The smallest absolute Gasteiger partial charge is 0.253 e. The van der Waals surface area contributed by atoms with Crippen molar-refractivity contribution in [2.24, 2.45) is 0 Å². The van der Waals surface area contributed by atoms with Crippen molar-refractivity contribution in [1.82, 2.24) is 15.1 Å². The maximum Gasteiger partial charge on any atom is 0.253 e. The second-order valence-corrected chi connectivity index (χ2v) is 5.05. The highest BCUT2D eigenvalue weighted by Crippen LogP contribution is 2.15. The summed E-state index contributed by atoms with van der Waals surface area (Å²) < 4.78 is 5.51. The number of amides is 1. The van der Waals surface area contributed by atoms with Crippen LogP contribution in [0, 0.1) is 0 Å². The van der Waals surface area contributed by atoms with Crippen molar-refractivity contribution >= 4 is 5.91 Å². The molecule has 0 aromatic carbocycles. The molecule has 2 fully saturated rings. The Balaban J connectivity index is 1.85. The Morgan fingerprint density at radius 3 is 2.71 bits per heavy atom. The highest BCUT2D eigenvalue weighted by atomic mass is 16.5. The number of piperidine rings is 1. The Morgan fingerprint density at radius 2 is 2.12 bits per heavy atom. The number of morpholine rings is 1. The highest BCUT2D eigenvalue weighted by Gasteiger charge is 2.30. The number of hydrogen-bond donors (Lipinski definition) is 1. The van der Waals surface area contributed by atoms with Gasteiger partial charge in [0.25, 0.3) is 5.91 Å². The number of hydrogen-bond acceptors (Lipinski definition) is 4. The van der Waals surface area contributed by atoms with Gasteiger partial charge in [-0.3, -0.25) is 4.79 Å². The van der Waals surface area contributed by atoms with E-state index in [4.69, 9.17) is 4.74 Å². The van der Waals surface area contributed by atoms with E-state index in [1.54, 1.807) is 0 Å². The molecule has 1 N–H and O–H groups in total. The fraction of sp³-hybridized carbons (Fsp3) is 0.917. The molecular weight excluding hydrogens is 218 g/mol. The first-order valence-electron chi connectivity index (χ1n) is 6.46. The van der Waals surface area contributed by atoms with E-state index in [2.05, 4.69) is 17.3 Å². The number of nitrogens with zero attached hydrogens (tertiary/aromatic N) is 2. The molecule has 1 unspecified atom stereocenters. The minimum Gasteiger partial charge on any atom is -0.366 e. The molecule has 5 nitrogen and oxygen atoms in total. The van der Waals surface area contributed by atoms with E-state index in [0.717, 1.165) is 32.5 Å². The number of rotatable bonds is 2. The van der Waals surface area contributed by atoms with Gasteiger partial charge in [-0.1, -0.05) is 0 Å². The summed E-state index contributed by atoms with van der Waals surface area (Å²) in [6.45, 7) is 4.29. The zero-order chi connectivity index (χ0) is 12.3.